The lowest BCUT2D eigenvalue weighted by molar-refractivity contribution is -0.127. The molecule has 0 aromatic heterocycles. The molecule has 1 atom stereocenters. The minimum absolute atomic E-state index is 0.0411. The largest absolute Gasteiger partial charge is 0.497 e. The number of carbonyl (C=O) groups is 3. The van der Waals surface area contributed by atoms with Gasteiger partial charge in [0.1, 0.15) is 11.8 Å². The predicted octanol–water partition coefficient (Wildman–Crippen LogP) is 2.00. The van der Waals surface area contributed by atoms with E-state index in [9.17, 15) is 14.4 Å². The summed E-state index contributed by atoms with van der Waals surface area (Å²) in [6, 6.07) is 6.83. The third kappa shape index (κ3) is 4.99. The van der Waals surface area contributed by atoms with E-state index in [1.54, 1.807) is 7.11 Å². The Kier molecular flexibility index (Phi) is 6.32. The highest BCUT2D eigenvalue weighted by molar-refractivity contribution is 6.04. The number of imide groups is 1. The van der Waals surface area contributed by atoms with Crippen molar-refractivity contribution in [2.45, 2.75) is 57.0 Å². The summed E-state index contributed by atoms with van der Waals surface area (Å²) in [6.45, 7) is 0.321. The first kappa shape index (κ1) is 19.2. The smallest absolute Gasteiger partial charge is 0.324 e. The van der Waals surface area contributed by atoms with Crippen molar-refractivity contribution in [3.63, 3.8) is 0 Å². The van der Waals surface area contributed by atoms with Crippen molar-refractivity contribution in [2.75, 3.05) is 13.7 Å². The average molecular weight is 373 g/mol. The molecule has 0 radical (unpaired) electrons. The van der Waals surface area contributed by atoms with Crippen LogP contribution in [0.15, 0.2) is 24.3 Å². The zero-order valence-corrected chi connectivity index (χ0v) is 15.7. The molecule has 7 nitrogen and oxygen atoms in total. The van der Waals surface area contributed by atoms with Gasteiger partial charge in [-0.1, -0.05) is 25.0 Å². The molecule has 1 saturated heterocycles. The van der Waals surface area contributed by atoms with Crippen molar-refractivity contribution < 1.29 is 19.1 Å². The monoisotopic (exact) mass is 373 g/mol. The lowest BCUT2D eigenvalue weighted by Crippen LogP contribution is -2.36. The SMILES string of the molecule is COc1ccc(CCN2C(=O)NC(CCC(=O)NC3CCCC3)C2=O)cc1. The maximum atomic E-state index is 12.5. The molecular weight excluding hydrogens is 346 g/mol. The Balaban J connectivity index is 1.45. The molecule has 2 aliphatic rings. The summed E-state index contributed by atoms with van der Waals surface area (Å²) < 4.78 is 5.12. The van der Waals surface area contributed by atoms with Crippen LogP contribution in [-0.4, -0.2) is 48.5 Å². The van der Waals surface area contributed by atoms with Crippen LogP contribution < -0.4 is 15.4 Å². The molecule has 3 rings (SSSR count). The average Bonchev–Trinajstić information content (AvgIpc) is 3.27. The fraction of sp³-hybridized carbons (Fsp3) is 0.550. The summed E-state index contributed by atoms with van der Waals surface area (Å²) in [5, 5.41) is 5.70. The number of nitrogens with one attached hydrogen (secondary N) is 2. The van der Waals surface area contributed by atoms with Crippen molar-refractivity contribution in [2.24, 2.45) is 0 Å². The van der Waals surface area contributed by atoms with Crippen molar-refractivity contribution in [3.05, 3.63) is 29.8 Å². The standard InChI is InChI=1S/C20H27N3O4/c1-27-16-8-6-14(7-9-16)12-13-23-19(25)17(22-20(23)26)10-11-18(24)21-15-4-2-3-5-15/h6-9,15,17H,2-5,10-13H2,1H3,(H,21,24)(H,22,26). The zero-order valence-electron chi connectivity index (χ0n) is 15.7. The van der Waals surface area contributed by atoms with E-state index in [2.05, 4.69) is 10.6 Å². The van der Waals surface area contributed by atoms with Gasteiger partial charge in [0.2, 0.25) is 5.91 Å². The van der Waals surface area contributed by atoms with Gasteiger partial charge in [0, 0.05) is 19.0 Å². The molecule has 1 aromatic rings. The summed E-state index contributed by atoms with van der Waals surface area (Å²) in [7, 11) is 1.61. The van der Waals surface area contributed by atoms with E-state index in [4.69, 9.17) is 4.74 Å². The second-order valence-electron chi connectivity index (χ2n) is 7.18. The molecule has 2 fully saturated rings. The van der Waals surface area contributed by atoms with Crippen LogP contribution in [0.25, 0.3) is 0 Å². The number of hydrogen-bond acceptors (Lipinski definition) is 4. The number of carbonyl (C=O) groups excluding carboxylic acids is 3. The third-order valence-electron chi connectivity index (χ3n) is 5.27. The molecule has 1 aliphatic heterocycles. The van der Waals surface area contributed by atoms with Crippen molar-refractivity contribution in [1.29, 1.82) is 0 Å². The van der Waals surface area contributed by atoms with Crippen LogP contribution in [0.2, 0.25) is 0 Å². The number of benzene rings is 1. The lowest BCUT2D eigenvalue weighted by Gasteiger charge is -2.14. The van der Waals surface area contributed by atoms with Gasteiger partial charge in [-0.05, 0) is 43.4 Å². The van der Waals surface area contributed by atoms with Crippen LogP contribution in [0.4, 0.5) is 4.79 Å². The number of methoxy groups -OCH3 is 1. The van der Waals surface area contributed by atoms with Gasteiger partial charge in [0.15, 0.2) is 0 Å². The number of hydrogen-bond donors (Lipinski definition) is 2. The van der Waals surface area contributed by atoms with Gasteiger partial charge in [0.05, 0.1) is 7.11 Å². The van der Waals surface area contributed by atoms with Gasteiger partial charge in [-0.15, -0.1) is 0 Å². The van der Waals surface area contributed by atoms with Gasteiger partial charge >= 0.3 is 6.03 Å². The zero-order chi connectivity index (χ0) is 19.2. The molecule has 1 aromatic carbocycles. The van der Waals surface area contributed by atoms with Crippen LogP contribution in [-0.2, 0) is 16.0 Å². The number of nitrogens with zero attached hydrogens (tertiary/aromatic N) is 1. The van der Waals surface area contributed by atoms with E-state index >= 15 is 0 Å². The number of amides is 4. The Bertz CT molecular complexity index is 683. The molecule has 7 heteroatoms. The number of ether oxygens (including phenoxy) is 1. The molecule has 146 valence electrons. The molecule has 27 heavy (non-hydrogen) atoms. The van der Waals surface area contributed by atoms with Crippen LogP contribution in [0, 0.1) is 0 Å². The highest BCUT2D eigenvalue weighted by atomic mass is 16.5. The van der Waals surface area contributed by atoms with Crippen LogP contribution in [0.1, 0.15) is 44.1 Å². The number of urea groups is 1. The quantitative estimate of drug-likeness (QED) is 0.682. The first-order chi connectivity index (χ1) is 13.1. The lowest BCUT2D eigenvalue weighted by atomic mass is 10.1. The first-order valence-electron chi connectivity index (χ1n) is 9.61. The summed E-state index contributed by atoms with van der Waals surface area (Å²) in [4.78, 5) is 37.9. The molecule has 1 unspecified atom stereocenters. The molecule has 1 aliphatic carbocycles. The molecular formula is C20H27N3O4. The van der Waals surface area contributed by atoms with E-state index in [1.807, 2.05) is 24.3 Å². The van der Waals surface area contributed by atoms with E-state index in [1.165, 1.54) is 4.90 Å². The normalized spacial score (nSPS) is 20.0. The van der Waals surface area contributed by atoms with Gasteiger partial charge in [-0.2, -0.15) is 0 Å². The van der Waals surface area contributed by atoms with Crippen LogP contribution in [0.3, 0.4) is 0 Å². The molecule has 2 N–H and O–H groups in total. The Labute approximate surface area is 159 Å². The second-order valence-corrected chi connectivity index (χ2v) is 7.18. The van der Waals surface area contributed by atoms with Gasteiger partial charge in [-0.25, -0.2) is 4.79 Å². The fourth-order valence-corrected chi connectivity index (χ4v) is 3.66. The van der Waals surface area contributed by atoms with Crippen molar-refractivity contribution >= 4 is 17.8 Å². The highest BCUT2D eigenvalue weighted by Crippen LogP contribution is 2.18. The minimum Gasteiger partial charge on any atom is -0.497 e. The Morgan fingerprint density at radius 2 is 1.93 bits per heavy atom. The maximum absolute atomic E-state index is 12.5. The van der Waals surface area contributed by atoms with Crippen LogP contribution in [0.5, 0.6) is 5.75 Å². The first-order valence-corrected chi connectivity index (χ1v) is 9.61. The van der Waals surface area contributed by atoms with E-state index in [0.29, 0.717) is 19.4 Å². The summed E-state index contributed by atoms with van der Waals surface area (Å²) in [5.74, 6) is 0.479. The third-order valence-corrected chi connectivity index (χ3v) is 5.27. The maximum Gasteiger partial charge on any atom is 0.324 e. The van der Waals surface area contributed by atoms with Gasteiger partial charge < -0.3 is 15.4 Å². The van der Waals surface area contributed by atoms with Gasteiger partial charge in [-0.3, -0.25) is 14.5 Å². The molecule has 4 amide bonds. The highest BCUT2D eigenvalue weighted by Gasteiger charge is 2.37. The van der Waals surface area contributed by atoms with E-state index < -0.39 is 6.04 Å². The molecule has 0 spiro atoms. The van der Waals surface area contributed by atoms with E-state index in [-0.39, 0.29) is 30.3 Å². The Hall–Kier alpha value is -2.57. The molecule has 0 bridgehead atoms. The minimum atomic E-state index is -0.609. The summed E-state index contributed by atoms with van der Waals surface area (Å²) in [5.41, 5.74) is 1.02. The predicted molar refractivity (Wildman–Crippen MR) is 100 cm³/mol. The topological polar surface area (TPSA) is 87.7 Å². The van der Waals surface area contributed by atoms with Crippen molar-refractivity contribution in [3.8, 4) is 5.75 Å². The van der Waals surface area contributed by atoms with Crippen LogP contribution >= 0.6 is 0 Å². The second kappa shape index (κ2) is 8.88. The van der Waals surface area contributed by atoms with E-state index in [0.717, 1.165) is 37.0 Å². The molecule has 1 saturated carbocycles. The Morgan fingerprint density at radius 3 is 2.59 bits per heavy atom. The Morgan fingerprint density at radius 1 is 1.22 bits per heavy atom. The molecule has 1 heterocycles. The number of rotatable bonds is 8. The van der Waals surface area contributed by atoms with Crippen molar-refractivity contribution in [1.82, 2.24) is 15.5 Å². The summed E-state index contributed by atoms with van der Waals surface area (Å²) in [6.07, 6.45) is 5.55. The summed E-state index contributed by atoms with van der Waals surface area (Å²) >= 11 is 0. The van der Waals surface area contributed by atoms with Gasteiger partial charge in [0.25, 0.3) is 5.91 Å². The fourth-order valence-electron chi connectivity index (χ4n) is 3.66.